The Kier molecular flexibility index (Phi) is 4.70. The molecule has 0 spiro atoms. The lowest BCUT2D eigenvalue weighted by molar-refractivity contribution is -0.152. The van der Waals surface area contributed by atoms with Crippen molar-refractivity contribution in [3.63, 3.8) is 0 Å². The molecular weight excluding hydrogens is 212 g/mol. The first kappa shape index (κ1) is 12.9. The zero-order valence-electron chi connectivity index (χ0n) is 9.60. The summed E-state index contributed by atoms with van der Waals surface area (Å²) < 4.78 is 4.99. The molecule has 2 N–H and O–H groups in total. The van der Waals surface area contributed by atoms with Gasteiger partial charge in [0.2, 0.25) is 0 Å². The van der Waals surface area contributed by atoms with Gasteiger partial charge in [0, 0.05) is 19.6 Å². The number of carboxylic acid groups (broad SMARTS) is 1. The third-order valence-corrected chi connectivity index (χ3v) is 2.34. The molecule has 0 aromatic carbocycles. The number of nitrogens with one attached hydrogen (secondary N) is 1. The third-order valence-electron chi connectivity index (χ3n) is 2.34. The van der Waals surface area contributed by atoms with Gasteiger partial charge in [-0.25, -0.2) is 0 Å². The highest BCUT2D eigenvalue weighted by Gasteiger charge is 2.30. The standard InChI is InChI=1S/C10H18N2O4/c1-7(2)16-9(13)6-12-4-3-11-5-8(12)10(14)15/h7-8,11H,3-6H2,1-2H3,(H,14,15). The van der Waals surface area contributed by atoms with Crippen LogP contribution in [0.5, 0.6) is 0 Å². The van der Waals surface area contributed by atoms with Gasteiger partial charge in [0.15, 0.2) is 0 Å². The van der Waals surface area contributed by atoms with Gasteiger partial charge in [-0.3, -0.25) is 14.5 Å². The zero-order chi connectivity index (χ0) is 12.1. The number of carbonyl (C=O) groups is 2. The molecule has 0 radical (unpaired) electrons. The largest absolute Gasteiger partial charge is 0.480 e. The highest BCUT2D eigenvalue weighted by atomic mass is 16.5. The molecule has 1 rings (SSSR count). The molecule has 1 aliphatic heterocycles. The first-order valence-corrected chi connectivity index (χ1v) is 5.37. The fraction of sp³-hybridized carbons (Fsp3) is 0.800. The summed E-state index contributed by atoms with van der Waals surface area (Å²) in [6, 6.07) is -0.645. The lowest BCUT2D eigenvalue weighted by atomic mass is 10.2. The van der Waals surface area contributed by atoms with Crippen LogP contribution in [-0.4, -0.2) is 60.3 Å². The Labute approximate surface area is 94.6 Å². The van der Waals surface area contributed by atoms with Crippen LogP contribution in [0.2, 0.25) is 0 Å². The van der Waals surface area contributed by atoms with Crippen LogP contribution in [0.3, 0.4) is 0 Å². The molecule has 1 unspecified atom stereocenters. The summed E-state index contributed by atoms with van der Waals surface area (Å²) in [5.41, 5.74) is 0. The van der Waals surface area contributed by atoms with Gasteiger partial charge < -0.3 is 15.2 Å². The number of aliphatic carboxylic acids is 1. The quantitative estimate of drug-likeness (QED) is 0.622. The minimum Gasteiger partial charge on any atom is -0.480 e. The molecule has 1 aliphatic rings. The molecule has 1 saturated heterocycles. The van der Waals surface area contributed by atoms with Gasteiger partial charge in [-0.2, -0.15) is 0 Å². The van der Waals surface area contributed by atoms with E-state index in [0.717, 1.165) is 0 Å². The van der Waals surface area contributed by atoms with Crippen molar-refractivity contribution in [3.8, 4) is 0 Å². The fourth-order valence-electron chi connectivity index (χ4n) is 1.65. The van der Waals surface area contributed by atoms with Crippen LogP contribution in [-0.2, 0) is 14.3 Å². The Morgan fingerprint density at radius 1 is 1.56 bits per heavy atom. The number of carboxylic acids is 1. The highest BCUT2D eigenvalue weighted by Crippen LogP contribution is 2.04. The first-order valence-electron chi connectivity index (χ1n) is 5.37. The molecule has 0 amide bonds. The topological polar surface area (TPSA) is 78.9 Å². The third kappa shape index (κ3) is 3.79. The highest BCUT2D eigenvalue weighted by molar-refractivity contribution is 5.76. The average molecular weight is 230 g/mol. The molecule has 1 atom stereocenters. The summed E-state index contributed by atoms with van der Waals surface area (Å²) in [4.78, 5) is 24.0. The minimum atomic E-state index is -0.912. The monoisotopic (exact) mass is 230 g/mol. The molecule has 0 aromatic rings. The molecule has 16 heavy (non-hydrogen) atoms. The van der Waals surface area contributed by atoms with E-state index >= 15 is 0 Å². The van der Waals surface area contributed by atoms with Crippen molar-refractivity contribution in [2.75, 3.05) is 26.2 Å². The fourth-order valence-corrected chi connectivity index (χ4v) is 1.65. The van der Waals surface area contributed by atoms with Gasteiger partial charge in [0.25, 0.3) is 0 Å². The molecule has 1 heterocycles. The van der Waals surface area contributed by atoms with E-state index < -0.39 is 12.0 Å². The second-order valence-electron chi connectivity index (χ2n) is 4.07. The van der Waals surface area contributed by atoms with Crippen LogP contribution < -0.4 is 5.32 Å². The molecule has 6 heteroatoms. The molecule has 1 fully saturated rings. The summed E-state index contributed by atoms with van der Waals surface area (Å²) in [6.45, 7) is 5.18. The Balaban J connectivity index is 2.49. The summed E-state index contributed by atoms with van der Waals surface area (Å²) in [5.74, 6) is -1.28. The van der Waals surface area contributed by atoms with Crippen LogP contribution in [0.25, 0.3) is 0 Å². The summed E-state index contributed by atoms with van der Waals surface area (Å²) >= 11 is 0. The predicted molar refractivity (Wildman–Crippen MR) is 57.1 cm³/mol. The maximum Gasteiger partial charge on any atom is 0.322 e. The van der Waals surface area contributed by atoms with Crippen LogP contribution >= 0.6 is 0 Å². The Hall–Kier alpha value is -1.14. The molecule has 92 valence electrons. The van der Waals surface area contributed by atoms with Gasteiger partial charge in [-0.1, -0.05) is 0 Å². The Bertz CT molecular complexity index is 268. The number of esters is 1. The van der Waals surface area contributed by atoms with Gasteiger partial charge in [0.1, 0.15) is 6.04 Å². The van der Waals surface area contributed by atoms with Crippen molar-refractivity contribution in [1.82, 2.24) is 10.2 Å². The van der Waals surface area contributed by atoms with Gasteiger partial charge in [-0.15, -0.1) is 0 Å². The number of rotatable bonds is 4. The van der Waals surface area contributed by atoms with Gasteiger partial charge >= 0.3 is 11.9 Å². The molecule has 0 bridgehead atoms. The molecule has 0 saturated carbocycles. The molecule has 0 aromatic heterocycles. The van der Waals surface area contributed by atoms with Crippen LogP contribution in [0.15, 0.2) is 0 Å². The molecular formula is C10H18N2O4. The number of nitrogens with zero attached hydrogens (tertiary/aromatic N) is 1. The molecule has 6 nitrogen and oxygen atoms in total. The number of hydrogen-bond donors (Lipinski definition) is 2. The van der Waals surface area contributed by atoms with E-state index in [4.69, 9.17) is 9.84 Å². The van der Waals surface area contributed by atoms with E-state index in [1.54, 1.807) is 18.7 Å². The van der Waals surface area contributed by atoms with Crippen LogP contribution in [0.1, 0.15) is 13.8 Å². The van der Waals surface area contributed by atoms with Gasteiger partial charge in [0.05, 0.1) is 12.6 Å². The predicted octanol–water partition coefficient (Wildman–Crippen LogP) is -0.704. The average Bonchev–Trinajstić information content (AvgIpc) is 2.16. The van der Waals surface area contributed by atoms with E-state index in [0.29, 0.717) is 19.6 Å². The lowest BCUT2D eigenvalue weighted by Gasteiger charge is -2.32. The number of carbonyl (C=O) groups excluding carboxylic acids is 1. The minimum absolute atomic E-state index is 0.0385. The number of piperazine rings is 1. The van der Waals surface area contributed by atoms with Crippen molar-refractivity contribution in [3.05, 3.63) is 0 Å². The summed E-state index contributed by atoms with van der Waals surface area (Å²) in [7, 11) is 0. The number of hydrogen-bond acceptors (Lipinski definition) is 5. The second kappa shape index (κ2) is 5.81. The van der Waals surface area contributed by atoms with Crippen molar-refractivity contribution < 1.29 is 19.4 Å². The van der Waals surface area contributed by atoms with E-state index in [9.17, 15) is 9.59 Å². The van der Waals surface area contributed by atoms with Crippen molar-refractivity contribution in [1.29, 1.82) is 0 Å². The maximum absolute atomic E-state index is 11.4. The SMILES string of the molecule is CC(C)OC(=O)CN1CCNCC1C(=O)O. The normalized spacial score (nSPS) is 22.1. The van der Waals surface area contributed by atoms with Crippen molar-refractivity contribution >= 4 is 11.9 Å². The van der Waals surface area contributed by atoms with E-state index in [1.165, 1.54) is 0 Å². The second-order valence-corrected chi connectivity index (χ2v) is 4.07. The summed E-state index contributed by atoms with van der Waals surface area (Å²) in [5, 5.41) is 12.0. The Morgan fingerprint density at radius 3 is 2.81 bits per heavy atom. The van der Waals surface area contributed by atoms with Crippen molar-refractivity contribution in [2.45, 2.75) is 26.0 Å². The van der Waals surface area contributed by atoms with E-state index in [1.807, 2.05) is 0 Å². The van der Waals surface area contributed by atoms with Crippen LogP contribution in [0.4, 0.5) is 0 Å². The lowest BCUT2D eigenvalue weighted by Crippen LogP contribution is -2.56. The van der Waals surface area contributed by atoms with Crippen molar-refractivity contribution in [2.24, 2.45) is 0 Å². The first-order chi connectivity index (χ1) is 7.50. The summed E-state index contributed by atoms with van der Waals surface area (Å²) in [6.07, 6.45) is -0.168. The zero-order valence-corrected chi connectivity index (χ0v) is 9.60. The maximum atomic E-state index is 11.4. The van der Waals surface area contributed by atoms with Gasteiger partial charge in [-0.05, 0) is 13.8 Å². The number of ether oxygens (including phenoxy) is 1. The van der Waals surface area contributed by atoms with E-state index in [-0.39, 0.29) is 18.6 Å². The van der Waals surface area contributed by atoms with E-state index in [2.05, 4.69) is 5.32 Å². The van der Waals surface area contributed by atoms with Crippen LogP contribution in [0, 0.1) is 0 Å². The Morgan fingerprint density at radius 2 is 2.25 bits per heavy atom. The smallest absolute Gasteiger partial charge is 0.322 e. The molecule has 0 aliphatic carbocycles.